The van der Waals surface area contributed by atoms with Gasteiger partial charge in [0, 0.05) is 45.6 Å². The molecular weight excluding hydrogens is 541 g/mol. The molecule has 1 aromatic heterocycles. The molecule has 2 fully saturated rings. The van der Waals surface area contributed by atoms with Crippen molar-refractivity contribution in [2.45, 2.75) is 71.3 Å². The van der Waals surface area contributed by atoms with Gasteiger partial charge < -0.3 is 19.9 Å². The Bertz CT molecular complexity index is 1390. The predicted octanol–water partition coefficient (Wildman–Crippen LogP) is 6.71. The van der Waals surface area contributed by atoms with Crippen molar-refractivity contribution in [3.05, 3.63) is 48.0 Å². The lowest BCUT2D eigenvalue weighted by molar-refractivity contribution is -0.274. The van der Waals surface area contributed by atoms with E-state index in [0.29, 0.717) is 53.0 Å². The van der Waals surface area contributed by atoms with E-state index < -0.39 is 17.2 Å². The van der Waals surface area contributed by atoms with Crippen LogP contribution >= 0.6 is 0 Å². The zero-order valence-electron chi connectivity index (χ0n) is 22.9. The summed E-state index contributed by atoms with van der Waals surface area (Å²) in [5.74, 6) is 1.80. The predicted molar refractivity (Wildman–Crippen MR) is 150 cm³/mol. The molecule has 2 N–H and O–H groups in total. The fraction of sp³-hybridized carbons (Fsp3) is 0.517. The van der Waals surface area contributed by atoms with Gasteiger partial charge in [0.25, 0.3) is 5.91 Å². The third-order valence-corrected chi connectivity index (χ3v) is 9.13. The van der Waals surface area contributed by atoms with Crippen molar-refractivity contribution in [1.29, 1.82) is 0 Å². The molecule has 1 amide bonds. The van der Waals surface area contributed by atoms with Crippen LogP contribution < -0.4 is 15.4 Å². The van der Waals surface area contributed by atoms with Crippen molar-refractivity contribution in [3.8, 4) is 5.75 Å². The third-order valence-electron chi connectivity index (χ3n) is 7.75. The van der Waals surface area contributed by atoms with Gasteiger partial charge in [-0.1, -0.05) is 20.8 Å². The molecule has 2 aromatic carbocycles. The monoisotopic (exact) mass is 576 g/mol. The number of ether oxygens (including phenoxy) is 1. The second-order valence-corrected chi connectivity index (χ2v) is 13.6. The molecule has 0 radical (unpaired) electrons. The van der Waals surface area contributed by atoms with Crippen molar-refractivity contribution >= 4 is 39.4 Å². The topological polar surface area (TPSA) is 85.2 Å². The van der Waals surface area contributed by atoms with E-state index >= 15 is 0 Å². The van der Waals surface area contributed by atoms with Crippen LogP contribution in [0.15, 0.2) is 42.5 Å². The van der Waals surface area contributed by atoms with Gasteiger partial charge >= 0.3 is 6.36 Å². The molecule has 2 atom stereocenters. The maximum absolute atomic E-state index is 13.1. The number of amides is 1. The highest BCUT2D eigenvalue weighted by Crippen LogP contribution is 2.46. The Morgan fingerprint density at radius 2 is 1.80 bits per heavy atom. The molecule has 40 heavy (non-hydrogen) atoms. The highest BCUT2D eigenvalue weighted by molar-refractivity contribution is 7.85. The number of hydrogen-bond donors (Lipinski definition) is 2. The summed E-state index contributed by atoms with van der Waals surface area (Å²) in [5.41, 5.74) is 2.76. The van der Waals surface area contributed by atoms with Gasteiger partial charge in [-0.2, -0.15) is 0 Å². The first kappa shape index (κ1) is 28.4. The number of carbonyl (C=O) groups excluding carboxylic acids is 1. The molecule has 216 valence electrons. The van der Waals surface area contributed by atoms with Crippen LogP contribution in [0, 0.1) is 11.3 Å². The minimum atomic E-state index is -4.76. The third kappa shape index (κ3) is 6.79. The Hall–Kier alpha value is -3.08. The van der Waals surface area contributed by atoms with Gasteiger partial charge in [-0.3, -0.25) is 9.00 Å². The highest BCUT2D eigenvalue weighted by atomic mass is 32.2. The summed E-state index contributed by atoms with van der Waals surface area (Å²) >= 11 is 0. The van der Waals surface area contributed by atoms with Crippen LogP contribution in [0.5, 0.6) is 5.75 Å². The number of aromatic nitrogens is 2. The van der Waals surface area contributed by atoms with Crippen LogP contribution in [0.2, 0.25) is 0 Å². The summed E-state index contributed by atoms with van der Waals surface area (Å²) in [6, 6.07) is 11.2. The van der Waals surface area contributed by atoms with Crippen LogP contribution in [-0.2, 0) is 10.8 Å². The number of hydrogen-bond acceptors (Lipinski definition) is 5. The Balaban J connectivity index is 1.46. The minimum absolute atomic E-state index is 0.00550. The fourth-order valence-electron chi connectivity index (χ4n) is 6.27. The van der Waals surface area contributed by atoms with E-state index in [0.717, 1.165) is 24.8 Å². The smallest absolute Gasteiger partial charge is 0.406 e. The molecule has 3 aromatic rings. The lowest BCUT2D eigenvalue weighted by Gasteiger charge is -2.40. The first-order valence-electron chi connectivity index (χ1n) is 13.7. The van der Waals surface area contributed by atoms with E-state index in [2.05, 4.69) is 40.7 Å². The van der Waals surface area contributed by atoms with Gasteiger partial charge in [0.15, 0.2) is 0 Å². The Morgan fingerprint density at radius 1 is 1.10 bits per heavy atom. The van der Waals surface area contributed by atoms with E-state index in [1.54, 1.807) is 12.1 Å². The van der Waals surface area contributed by atoms with Gasteiger partial charge in [0.05, 0.1) is 11.0 Å². The SMILES string of the molecule is C[C@H]1C[C@@H](n2c(Nc3ccc(OC(F)(F)F)cc3)nc3cc(C(=O)NC4CCS(=O)CC4)ccc32)CC(C)(C)C1. The number of rotatable bonds is 6. The molecule has 7 nitrogen and oxygen atoms in total. The normalized spacial score (nSPS) is 24.9. The van der Waals surface area contributed by atoms with Crippen LogP contribution in [-0.4, -0.2) is 43.6 Å². The average molecular weight is 577 g/mol. The molecule has 1 saturated carbocycles. The summed E-state index contributed by atoms with van der Waals surface area (Å²) in [7, 11) is -0.801. The van der Waals surface area contributed by atoms with Gasteiger partial charge in [-0.15, -0.1) is 13.2 Å². The van der Waals surface area contributed by atoms with Crippen LogP contribution in [0.3, 0.4) is 0 Å². The maximum Gasteiger partial charge on any atom is 0.573 e. The highest BCUT2D eigenvalue weighted by Gasteiger charge is 2.35. The molecule has 2 aliphatic rings. The number of nitrogens with zero attached hydrogens (tertiary/aromatic N) is 2. The van der Waals surface area contributed by atoms with E-state index in [1.807, 2.05) is 6.07 Å². The summed E-state index contributed by atoms with van der Waals surface area (Å²) in [5, 5.41) is 6.36. The Morgan fingerprint density at radius 3 is 2.45 bits per heavy atom. The van der Waals surface area contributed by atoms with E-state index in [1.165, 1.54) is 24.3 Å². The number of anilines is 2. The van der Waals surface area contributed by atoms with Crippen molar-refractivity contribution < 1.29 is 26.9 Å². The molecule has 0 bridgehead atoms. The molecule has 0 unspecified atom stereocenters. The van der Waals surface area contributed by atoms with Crippen molar-refractivity contribution in [2.24, 2.45) is 11.3 Å². The molecule has 1 aliphatic heterocycles. The van der Waals surface area contributed by atoms with E-state index in [9.17, 15) is 22.2 Å². The molecule has 5 rings (SSSR count). The van der Waals surface area contributed by atoms with E-state index in [-0.39, 0.29) is 29.2 Å². The number of alkyl halides is 3. The van der Waals surface area contributed by atoms with Crippen LogP contribution in [0.25, 0.3) is 11.0 Å². The first-order valence-corrected chi connectivity index (χ1v) is 15.1. The van der Waals surface area contributed by atoms with Gasteiger partial charge in [-0.05, 0) is 85.9 Å². The van der Waals surface area contributed by atoms with Gasteiger partial charge in [0.2, 0.25) is 5.95 Å². The number of nitrogens with one attached hydrogen (secondary N) is 2. The van der Waals surface area contributed by atoms with Crippen molar-refractivity contribution in [3.63, 3.8) is 0 Å². The fourth-order valence-corrected chi connectivity index (χ4v) is 7.57. The van der Waals surface area contributed by atoms with Crippen molar-refractivity contribution in [1.82, 2.24) is 14.9 Å². The minimum Gasteiger partial charge on any atom is -0.406 e. The van der Waals surface area contributed by atoms with Crippen molar-refractivity contribution in [2.75, 3.05) is 16.8 Å². The van der Waals surface area contributed by atoms with E-state index in [4.69, 9.17) is 4.98 Å². The van der Waals surface area contributed by atoms with Gasteiger partial charge in [-0.25, -0.2) is 4.98 Å². The second kappa shape index (κ2) is 11.1. The number of benzene rings is 2. The lowest BCUT2D eigenvalue weighted by atomic mass is 9.70. The molecule has 2 heterocycles. The number of imidazole rings is 1. The number of halogens is 3. The Labute approximate surface area is 234 Å². The average Bonchev–Trinajstić information content (AvgIpc) is 3.21. The number of carbonyl (C=O) groups is 1. The zero-order valence-corrected chi connectivity index (χ0v) is 23.7. The summed E-state index contributed by atoms with van der Waals surface area (Å²) in [4.78, 5) is 17.9. The molecule has 11 heteroatoms. The van der Waals surface area contributed by atoms with Crippen LogP contribution in [0.1, 0.15) is 69.3 Å². The standard InChI is InChI=1S/C29H35F3N4O3S/c1-18-14-22(17-28(2,3)16-18)36-25-9-4-19(26(37)33-21-10-12-40(38)13-11-21)15-24(25)35-27(36)34-20-5-7-23(8-6-20)39-29(30,31)32/h4-9,15,18,21-22H,10-14,16-17H2,1-3H3,(H,33,37)(H,34,35)/t18-,21?,22+,40?/m0/s1. The molecule has 1 saturated heterocycles. The van der Waals surface area contributed by atoms with Gasteiger partial charge in [0.1, 0.15) is 5.75 Å². The zero-order chi connectivity index (χ0) is 28.7. The summed E-state index contributed by atoms with van der Waals surface area (Å²) < 4.78 is 55.7. The second-order valence-electron chi connectivity index (χ2n) is 11.9. The lowest BCUT2D eigenvalue weighted by Crippen LogP contribution is -2.39. The molecule has 0 spiro atoms. The largest absolute Gasteiger partial charge is 0.573 e. The molecular formula is C29H35F3N4O3S. The summed E-state index contributed by atoms with van der Waals surface area (Å²) in [6.07, 6.45) is -0.322. The van der Waals surface area contributed by atoms with Crippen LogP contribution in [0.4, 0.5) is 24.8 Å². The number of fused-ring (bicyclic) bond motifs is 1. The maximum atomic E-state index is 13.1. The summed E-state index contributed by atoms with van der Waals surface area (Å²) in [6.45, 7) is 6.79. The Kier molecular flexibility index (Phi) is 7.87. The quantitative estimate of drug-likeness (QED) is 0.341. The molecule has 1 aliphatic carbocycles. The first-order chi connectivity index (χ1) is 18.8.